The third kappa shape index (κ3) is 5.16. The van der Waals surface area contributed by atoms with Gasteiger partial charge in [-0.15, -0.1) is 65.4 Å². The van der Waals surface area contributed by atoms with Crippen molar-refractivity contribution in [2.75, 3.05) is 0 Å². The van der Waals surface area contributed by atoms with Crippen LogP contribution in [0.15, 0.2) is 89.5 Å². The van der Waals surface area contributed by atoms with Gasteiger partial charge in [0.2, 0.25) is 5.71 Å². The molecule has 7 aromatic rings. The van der Waals surface area contributed by atoms with Crippen LogP contribution in [0.1, 0.15) is 20.2 Å². The van der Waals surface area contributed by atoms with Gasteiger partial charge in [-0.25, -0.2) is 4.98 Å². The number of pyridine rings is 3. The average molecular weight is 693 g/mol. The number of furan rings is 1. The summed E-state index contributed by atoms with van der Waals surface area (Å²) in [7, 11) is 0. The number of thiophene rings is 1. The van der Waals surface area contributed by atoms with E-state index in [1.54, 1.807) is 17.4 Å². The molecule has 0 bridgehead atoms. The number of benzene rings is 2. The van der Waals surface area contributed by atoms with E-state index >= 15 is 0 Å². The first-order valence-corrected chi connectivity index (χ1v) is 12.6. The molecular weight excluding hydrogens is 667 g/mol. The van der Waals surface area contributed by atoms with Gasteiger partial charge in [-0.3, -0.25) is 4.98 Å². The van der Waals surface area contributed by atoms with Crippen molar-refractivity contribution in [3.05, 3.63) is 113 Å². The van der Waals surface area contributed by atoms with E-state index in [0.29, 0.717) is 11.3 Å². The molecule has 6 heteroatoms. The number of rotatable bonds is 2. The SMILES string of the molecule is Cc1ccc(-c2[c-]cccc2)nc1.[2H]C([2H])([2H])c1ccc2c(n1)oc1c(-c3ccc4cc(C)sc4n3)[c-]ccc12.[Ir]. The summed E-state index contributed by atoms with van der Waals surface area (Å²) in [5.41, 5.74) is 5.66. The number of hydrogen-bond donors (Lipinski definition) is 0. The molecule has 1 radical (unpaired) electrons. The molecule has 38 heavy (non-hydrogen) atoms. The van der Waals surface area contributed by atoms with Gasteiger partial charge in [-0.05, 0) is 55.8 Å². The fraction of sp³-hybridized carbons (Fsp3) is 0.0938. The van der Waals surface area contributed by atoms with Crippen molar-refractivity contribution in [3.8, 4) is 22.5 Å². The van der Waals surface area contributed by atoms with Crippen molar-refractivity contribution in [3.63, 3.8) is 0 Å². The number of nitrogens with zero attached hydrogens (tertiary/aromatic N) is 3. The zero-order chi connectivity index (χ0) is 27.9. The van der Waals surface area contributed by atoms with Crippen molar-refractivity contribution in [1.82, 2.24) is 15.0 Å². The van der Waals surface area contributed by atoms with Gasteiger partial charge in [0.1, 0.15) is 4.83 Å². The predicted octanol–water partition coefficient (Wildman–Crippen LogP) is 8.53. The monoisotopic (exact) mass is 693 g/mol. The van der Waals surface area contributed by atoms with E-state index in [2.05, 4.69) is 41.2 Å². The molecule has 0 aliphatic carbocycles. The first kappa shape index (κ1) is 22.3. The Morgan fingerprint density at radius 2 is 1.76 bits per heavy atom. The fourth-order valence-electron chi connectivity index (χ4n) is 4.18. The summed E-state index contributed by atoms with van der Waals surface area (Å²) in [5, 5.41) is 2.76. The average Bonchev–Trinajstić information content (AvgIpc) is 3.52. The number of hydrogen-bond acceptors (Lipinski definition) is 5. The number of aromatic nitrogens is 3. The minimum atomic E-state index is -2.27. The van der Waals surface area contributed by atoms with Crippen LogP contribution in [0, 0.1) is 32.8 Å². The Morgan fingerprint density at radius 1 is 0.868 bits per heavy atom. The van der Waals surface area contributed by atoms with Gasteiger partial charge < -0.3 is 9.40 Å². The molecule has 0 amide bonds. The van der Waals surface area contributed by atoms with E-state index in [4.69, 9.17) is 13.5 Å². The summed E-state index contributed by atoms with van der Waals surface area (Å²) in [5.74, 6) is 0. The van der Waals surface area contributed by atoms with Gasteiger partial charge in [-0.1, -0.05) is 35.2 Å². The Bertz CT molecular complexity index is 1970. The summed E-state index contributed by atoms with van der Waals surface area (Å²) in [6.45, 7) is 1.82. The first-order chi connectivity index (χ1) is 19.3. The Labute approximate surface area is 243 Å². The molecule has 5 aromatic heterocycles. The van der Waals surface area contributed by atoms with Gasteiger partial charge in [0.25, 0.3) is 0 Å². The Balaban J connectivity index is 0.000000204. The quantitative estimate of drug-likeness (QED) is 0.171. The van der Waals surface area contributed by atoms with E-state index < -0.39 is 6.85 Å². The van der Waals surface area contributed by atoms with Gasteiger partial charge in [0.05, 0.1) is 5.58 Å². The number of fused-ring (bicyclic) bond motifs is 4. The fourth-order valence-corrected chi connectivity index (χ4v) is 5.05. The maximum atomic E-state index is 7.55. The van der Waals surface area contributed by atoms with Crippen LogP contribution >= 0.6 is 11.3 Å². The van der Waals surface area contributed by atoms with Crippen LogP contribution in [0.3, 0.4) is 0 Å². The summed E-state index contributed by atoms with van der Waals surface area (Å²) in [6.07, 6.45) is 1.87. The molecule has 5 heterocycles. The molecule has 0 saturated heterocycles. The third-order valence-electron chi connectivity index (χ3n) is 5.96. The molecule has 2 aromatic carbocycles. The minimum absolute atomic E-state index is 0. The van der Waals surface area contributed by atoms with Crippen LogP contribution in [-0.2, 0) is 20.1 Å². The molecule has 0 aliphatic rings. The van der Waals surface area contributed by atoms with E-state index in [1.165, 1.54) is 16.5 Å². The van der Waals surface area contributed by atoms with Gasteiger partial charge in [-0.2, -0.15) is 0 Å². The van der Waals surface area contributed by atoms with Gasteiger partial charge in [0, 0.05) is 51.8 Å². The molecule has 0 saturated carbocycles. The predicted molar refractivity (Wildman–Crippen MR) is 152 cm³/mol. The van der Waals surface area contributed by atoms with Crippen molar-refractivity contribution < 1.29 is 28.6 Å². The van der Waals surface area contributed by atoms with Crippen LogP contribution in [0.2, 0.25) is 0 Å². The van der Waals surface area contributed by atoms with Crippen LogP contribution in [0.25, 0.3) is 54.8 Å². The third-order valence-corrected chi connectivity index (χ3v) is 6.92. The molecule has 0 fully saturated rings. The molecule has 0 aliphatic heterocycles. The minimum Gasteiger partial charge on any atom is -0.486 e. The van der Waals surface area contributed by atoms with Crippen LogP contribution in [0.4, 0.5) is 0 Å². The molecule has 0 atom stereocenters. The van der Waals surface area contributed by atoms with Crippen molar-refractivity contribution in [1.29, 1.82) is 0 Å². The second-order valence-corrected chi connectivity index (χ2v) is 9.93. The standard InChI is InChI=1S/C20H13N2OS.C12H10N.Ir/c1-11-6-8-15-14-4-3-5-16(18(14)23-19(15)21-11)17-9-7-13-10-12(2)24-20(13)22-17;1-10-7-8-12(13-9-10)11-5-3-2-4-6-11;/h3-4,6-10H,1-2H3;2-5,7-9H,1H3;/q2*-1;/i1D3;;. The molecule has 0 unspecified atom stereocenters. The van der Waals surface area contributed by atoms with Crippen molar-refractivity contribution >= 4 is 43.6 Å². The van der Waals surface area contributed by atoms with E-state index in [9.17, 15) is 0 Å². The normalized spacial score (nSPS) is 12.3. The van der Waals surface area contributed by atoms with Crippen LogP contribution in [-0.4, -0.2) is 15.0 Å². The Kier molecular flexibility index (Phi) is 6.43. The first-order valence-electron chi connectivity index (χ1n) is 13.3. The summed E-state index contributed by atoms with van der Waals surface area (Å²) in [6, 6.07) is 31.4. The smallest absolute Gasteiger partial charge is 0.216 e. The molecule has 189 valence electrons. The van der Waals surface area contributed by atoms with Crippen LogP contribution < -0.4 is 0 Å². The Morgan fingerprint density at radius 3 is 2.55 bits per heavy atom. The van der Waals surface area contributed by atoms with Gasteiger partial charge >= 0.3 is 0 Å². The zero-order valence-corrected chi connectivity index (χ0v) is 23.8. The van der Waals surface area contributed by atoms with E-state index in [1.807, 2.05) is 67.7 Å². The Hall–Kier alpha value is -3.70. The van der Waals surface area contributed by atoms with Crippen molar-refractivity contribution in [2.24, 2.45) is 0 Å². The van der Waals surface area contributed by atoms with Crippen LogP contribution in [0.5, 0.6) is 0 Å². The summed E-state index contributed by atoms with van der Waals surface area (Å²) < 4.78 is 28.6. The topological polar surface area (TPSA) is 51.8 Å². The second kappa shape index (κ2) is 11.0. The maximum absolute atomic E-state index is 7.55. The number of aryl methyl sites for hydroxylation is 3. The van der Waals surface area contributed by atoms with Gasteiger partial charge in [0.15, 0.2) is 0 Å². The second-order valence-electron chi connectivity index (χ2n) is 8.69. The maximum Gasteiger partial charge on any atom is 0.216 e. The van der Waals surface area contributed by atoms with E-state index in [0.717, 1.165) is 43.5 Å². The molecule has 0 spiro atoms. The zero-order valence-electron chi connectivity index (χ0n) is 23.6. The molecule has 7 rings (SSSR count). The largest absolute Gasteiger partial charge is 0.486 e. The molecular formula is C32H23IrN3OS-2. The van der Waals surface area contributed by atoms with Crippen molar-refractivity contribution in [2.45, 2.75) is 20.7 Å². The van der Waals surface area contributed by atoms with E-state index in [-0.39, 0.29) is 25.8 Å². The molecule has 4 nitrogen and oxygen atoms in total. The summed E-state index contributed by atoms with van der Waals surface area (Å²) >= 11 is 1.65. The molecule has 0 N–H and O–H groups in total. The summed E-state index contributed by atoms with van der Waals surface area (Å²) in [4.78, 5) is 15.5.